The Kier molecular flexibility index (Phi) is 3.50. The van der Waals surface area contributed by atoms with Crippen LogP contribution in [0.25, 0.3) is 16.5 Å². The first kappa shape index (κ1) is 13.2. The molecule has 0 saturated carbocycles. The molecule has 1 heterocycles. The third-order valence-corrected chi connectivity index (χ3v) is 4.08. The summed E-state index contributed by atoms with van der Waals surface area (Å²) in [6.45, 7) is 2.03. The van der Waals surface area contributed by atoms with Crippen LogP contribution in [-0.2, 0) is 0 Å². The van der Waals surface area contributed by atoms with Gasteiger partial charge in [0, 0.05) is 9.86 Å². The fraction of sp³-hybridized carbons (Fsp3) is 0.214. The van der Waals surface area contributed by atoms with E-state index in [4.69, 9.17) is 0 Å². The molecule has 0 bridgehead atoms. The molecule has 0 radical (unpaired) electrons. The summed E-state index contributed by atoms with van der Waals surface area (Å²) >= 11 is 3.58. The van der Waals surface area contributed by atoms with Crippen LogP contribution in [0.5, 0.6) is 0 Å². The summed E-state index contributed by atoms with van der Waals surface area (Å²) in [5.41, 5.74) is 0.978. The van der Waals surface area contributed by atoms with Crippen molar-refractivity contribution >= 4 is 26.7 Å². The lowest BCUT2D eigenvalue weighted by atomic mass is 10.1. The van der Waals surface area contributed by atoms with Crippen molar-refractivity contribution in [3.8, 4) is 5.69 Å². The summed E-state index contributed by atoms with van der Waals surface area (Å²) in [5, 5.41) is 17.5. The van der Waals surface area contributed by atoms with Crippen molar-refractivity contribution in [2.75, 3.05) is 7.05 Å². The van der Waals surface area contributed by atoms with Crippen LogP contribution in [0.1, 0.15) is 18.8 Å². The first-order valence-corrected chi connectivity index (χ1v) is 7.15. The minimum atomic E-state index is 0.0763. The molecule has 1 N–H and O–H groups in total. The number of aromatic nitrogens is 4. The third-order valence-electron chi connectivity index (χ3n) is 3.39. The molecule has 102 valence electrons. The zero-order valence-corrected chi connectivity index (χ0v) is 12.8. The number of nitrogens with zero attached hydrogens (tertiary/aromatic N) is 4. The van der Waals surface area contributed by atoms with E-state index in [0.29, 0.717) is 0 Å². The summed E-state index contributed by atoms with van der Waals surface area (Å²) in [7, 11) is 1.89. The molecule has 6 heteroatoms. The van der Waals surface area contributed by atoms with Crippen LogP contribution in [0, 0.1) is 0 Å². The van der Waals surface area contributed by atoms with E-state index in [9.17, 15) is 0 Å². The topological polar surface area (TPSA) is 55.6 Å². The van der Waals surface area contributed by atoms with Gasteiger partial charge in [0.05, 0.1) is 11.7 Å². The highest BCUT2D eigenvalue weighted by atomic mass is 79.9. The van der Waals surface area contributed by atoms with Gasteiger partial charge in [0.2, 0.25) is 0 Å². The maximum absolute atomic E-state index is 4.14. The molecule has 0 saturated heterocycles. The number of hydrogen-bond donors (Lipinski definition) is 1. The van der Waals surface area contributed by atoms with Gasteiger partial charge in [-0.3, -0.25) is 0 Å². The number of hydrogen-bond acceptors (Lipinski definition) is 4. The molecule has 1 aromatic heterocycles. The van der Waals surface area contributed by atoms with Crippen LogP contribution < -0.4 is 5.32 Å². The summed E-state index contributed by atoms with van der Waals surface area (Å²) in [4.78, 5) is 0. The summed E-state index contributed by atoms with van der Waals surface area (Å²) in [6, 6.07) is 12.3. The minimum absolute atomic E-state index is 0.0763. The Labute approximate surface area is 125 Å². The van der Waals surface area contributed by atoms with Gasteiger partial charge in [0.1, 0.15) is 0 Å². The van der Waals surface area contributed by atoms with Crippen LogP contribution in [0.15, 0.2) is 40.9 Å². The zero-order chi connectivity index (χ0) is 14.1. The van der Waals surface area contributed by atoms with E-state index in [-0.39, 0.29) is 6.04 Å². The second-order valence-electron chi connectivity index (χ2n) is 4.57. The first-order valence-electron chi connectivity index (χ1n) is 6.35. The second-order valence-corrected chi connectivity index (χ2v) is 5.43. The average molecular weight is 332 g/mol. The molecule has 0 aliphatic heterocycles. The molecule has 5 nitrogen and oxygen atoms in total. The van der Waals surface area contributed by atoms with Crippen molar-refractivity contribution in [3.63, 3.8) is 0 Å². The minimum Gasteiger partial charge on any atom is -0.311 e. The molecule has 0 aliphatic carbocycles. The van der Waals surface area contributed by atoms with Crippen LogP contribution in [0.4, 0.5) is 0 Å². The lowest BCUT2D eigenvalue weighted by Gasteiger charge is -2.12. The monoisotopic (exact) mass is 331 g/mol. The Morgan fingerprint density at radius 3 is 2.65 bits per heavy atom. The van der Waals surface area contributed by atoms with E-state index >= 15 is 0 Å². The summed E-state index contributed by atoms with van der Waals surface area (Å²) in [6.07, 6.45) is 0. The molecule has 2 aromatic carbocycles. The predicted octanol–water partition coefficient (Wildman–Crippen LogP) is 2.86. The van der Waals surface area contributed by atoms with Crippen molar-refractivity contribution in [1.82, 2.24) is 25.5 Å². The first-order chi connectivity index (χ1) is 9.72. The van der Waals surface area contributed by atoms with Crippen LogP contribution in [-0.4, -0.2) is 27.3 Å². The van der Waals surface area contributed by atoms with E-state index in [1.807, 2.05) is 38.2 Å². The van der Waals surface area contributed by atoms with Crippen LogP contribution >= 0.6 is 15.9 Å². The van der Waals surface area contributed by atoms with Gasteiger partial charge in [0.25, 0.3) is 0 Å². The zero-order valence-electron chi connectivity index (χ0n) is 11.2. The molecule has 3 aromatic rings. The fourth-order valence-corrected chi connectivity index (χ4v) is 2.67. The van der Waals surface area contributed by atoms with Crippen molar-refractivity contribution in [2.24, 2.45) is 0 Å². The number of rotatable bonds is 3. The molecular weight excluding hydrogens is 318 g/mol. The molecule has 1 atom stereocenters. The maximum atomic E-state index is 4.14. The number of fused-ring (bicyclic) bond motifs is 1. The van der Waals surface area contributed by atoms with E-state index in [1.165, 1.54) is 0 Å². The van der Waals surface area contributed by atoms with Gasteiger partial charge in [-0.15, -0.1) is 5.10 Å². The Morgan fingerprint density at radius 1 is 1.15 bits per heavy atom. The molecule has 1 unspecified atom stereocenters. The van der Waals surface area contributed by atoms with Gasteiger partial charge in [-0.1, -0.05) is 40.2 Å². The molecule has 20 heavy (non-hydrogen) atoms. The summed E-state index contributed by atoms with van der Waals surface area (Å²) < 4.78 is 2.85. The van der Waals surface area contributed by atoms with Gasteiger partial charge >= 0.3 is 0 Å². The molecule has 0 aliphatic rings. The lowest BCUT2D eigenvalue weighted by Crippen LogP contribution is -2.18. The average Bonchev–Trinajstić information content (AvgIpc) is 2.96. The van der Waals surface area contributed by atoms with Gasteiger partial charge in [-0.25, -0.2) is 0 Å². The maximum Gasteiger partial charge on any atom is 0.173 e. The standard InChI is InChI=1S/C14H14BrN5/c1-9(16-2)14-17-18-19-20(14)13-8-7-12(15)10-5-3-4-6-11(10)13/h3-9,16H,1-2H3. The van der Waals surface area contributed by atoms with E-state index in [1.54, 1.807) is 4.68 Å². The van der Waals surface area contributed by atoms with Gasteiger partial charge in [-0.05, 0) is 41.9 Å². The Bertz CT molecular complexity index is 752. The molecule has 0 spiro atoms. The van der Waals surface area contributed by atoms with Gasteiger partial charge < -0.3 is 5.32 Å². The second kappa shape index (κ2) is 5.30. The number of benzene rings is 2. The normalized spacial score (nSPS) is 12.8. The number of tetrazole rings is 1. The highest BCUT2D eigenvalue weighted by molar-refractivity contribution is 9.10. The van der Waals surface area contributed by atoms with Crippen LogP contribution in [0.2, 0.25) is 0 Å². The third kappa shape index (κ3) is 2.10. The Hall–Kier alpha value is -1.79. The van der Waals surface area contributed by atoms with Crippen molar-refractivity contribution < 1.29 is 0 Å². The predicted molar refractivity (Wildman–Crippen MR) is 81.8 cm³/mol. The highest BCUT2D eigenvalue weighted by Gasteiger charge is 2.16. The van der Waals surface area contributed by atoms with Crippen molar-refractivity contribution in [3.05, 3.63) is 46.7 Å². The van der Waals surface area contributed by atoms with E-state index in [0.717, 1.165) is 26.8 Å². The van der Waals surface area contributed by atoms with E-state index < -0.39 is 0 Å². The molecule has 0 fully saturated rings. The smallest absolute Gasteiger partial charge is 0.173 e. The lowest BCUT2D eigenvalue weighted by molar-refractivity contribution is 0.589. The largest absolute Gasteiger partial charge is 0.311 e. The highest BCUT2D eigenvalue weighted by Crippen LogP contribution is 2.29. The molecular formula is C14H14BrN5. The van der Waals surface area contributed by atoms with Crippen molar-refractivity contribution in [1.29, 1.82) is 0 Å². The van der Waals surface area contributed by atoms with Crippen molar-refractivity contribution in [2.45, 2.75) is 13.0 Å². The summed E-state index contributed by atoms with van der Waals surface area (Å²) in [5.74, 6) is 0.792. The molecule has 3 rings (SSSR count). The van der Waals surface area contributed by atoms with Gasteiger partial charge in [-0.2, -0.15) is 4.68 Å². The Morgan fingerprint density at radius 2 is 1.90 bits per heavy atom. The molecule has 0 amide bonds. The quantitative estimate of drug-likeness (QED) is 0.801. The fourth-order valence-electron chi connectivity index (χ4n) is 2.20. The van der Waals surface area contributed by atoms with E-state index in [2.05, 4.69) is 48.9 Å². The SMILES string of the molecule is CNC(C)c1nnnn1-c1ccc(Br)c2ccccc12. The number of halogens is 1. The van der Waals surface area contributed by atoms with Gasteiger partial charge in [0.15, 0.2) is 5.82 Å². The number of nitrogens with one attached hydrogen (secondary N) is 1. The van der Waals surface area contributed by atoms with Crippen LogP contribution in [0.3, 0.4) is 0 Å². The Balaban J connectivity index is 2.26.